The van der Waals surface area contributed by atoms with Gasteiger partial charge in [-0.3, -0.25) is 4.79 Å². The molecule has 0 bridgehead atoms. The number of thioether (sulfide) groups is 1. The van der Waals surface area contributed by atoms with Crippen molar-refractivity contribution in [2.75, 3.05) is 12.4 Å². The van der Waals surface area contributed by atoms with E-state index >= 15 is 0 Å². The minimum absolute atomic E-state index is 0.167. The first kappa shape index (κ1) is 20.8. The van der Waals surface area contributed by atoms with Crippen LogP contribution in [0.25, 0.3) is 0 Å². The zero-order chi connectivity index (χ0) is 19.5. The van der Waals surface area contributed by atoms with Crippen molar-refractivity contribution in [3.63, 3.8) is 0 Å². The van der Waals surface area contributed by atoms with E-state index in [2.05, 4.69) is 31.3 Å². The van der Waals surface area contributed by atoms with Crippen molar-refractivity contribution in [3.8, 4) is 0 Å². The molecule has 1 aliphatic rings. The molecule has 2 N–H and O–H groups in total. The molecule has 1 aliphatic carbocycles. The van der Waals surface area contributed by atoms with E-state index < -0.39 is 16.9 Å². The lowest BCUT2D eigenvalue weighted by atomic mass is 9.54. The number of carbonyl (C=O) groups excluding carboxylic acids is 1. The Morgan fingerprint density at radius 1 is 1.31 bits per heavy atom. The van der Waals surface area contributed by atoms with Crippen LogP contribution in [-0.4, -0.2) is 41.0 Å². The molecule has 0 heterocycles. The van der Waals surface area contributed by atoms with Gasteiger partial charge in [0.25, 0.3) is 0 Å². The second-order valence-electron chi connectivity index (χ2n) is 7.64. The predicted octanol–water partition coefficient (Wildman–Crippen LogP) is 3.68. The Kier molecular flexibility index (Phi) is 6.40. The number of benzene rings is 1. The quantitative estimate of drug-likeness (QED) is 0.674. The number of ether oxygens (including phenoxy) is 1. The maximum Gasteiger partial charge on any atom is 0.330 e. The Morgan fingerprint density at radius 2 is 1.92 bits per heavy atom. The lowest BCUT2D eigenvalue weighted by Gasteiger charge is -2.58. The maximum absolute atomic E-state index is 12.4. The summed E-state index contributed by atoms with van der Waals surface area (Å²) in [5.41, 5.74) is -0.679. The second-order valence-corrected chi connectivity index (χ2v) is 8.69. The van der Waals surface area contributed by atoms with Gasteiger partial charge in [0.15, 0.2) is 0 Å². The van der Waals surface area contributed by atoms with Crippen LogP contribution in [0, 0.1) is 5.41 Å². The first-order valence-corrected chi connectivity index (χ1v) is 10.0. The zero-order valence-electron chi connectivity index (χ0n) is 16.2. The molecule has 26 heavy (non-hydrogen) atoms. The van der Waals surface area contributed by atoms with Gasteiger partial charge in [-0.1, -0.05) is 39.8 Å². The van der Waals surface area contributed by atoms with Gasteiger partial charge in [-0.05, 0) is 30.5 Å². The van der Waals surface area contributed by atoms with Crippen molar-refractivity contribution in [3.05, 3.63) is 29.8 Å². The molecule has 6 heteroatoms. The molecule has 1 aromatic rings. The number of carbonyl (C=O) groups is 2. The molecule has 0 spiro atoms. The smallest absolute Gasteiger partial charge is 0.330 e. The van der Waals surface area contributed by atoms with E-state index in [1.165, 1.54) is 17.3 Å². The van der Waals surface area contributed by atoms with Crippen LogP contribution >= 0.6 is 11.8 Å². The van der Waals surface area contributed by atoms with E-state index in [0.717, 1.165) is 4.90 Å². The Morgan fingerprint density at radius 3 is 2.38 bits per heavy atom. The maximum atomic E-state index is 12.4. The van der Waals surface area contributed by atoms with Crippen LogP contribution in [0.2, 0.25) is 0 Å². The Hall–Kier alpha value is -1.53. The van der Waals surface area contributed by atoms with Crippen molar-refractivity contribution in [1.29, 1.82) is 0 Å². The molecule has 1 saturated carbocycles. The summed E-state index contributed by atoms with van der Waals surface area (Å²) in [6.07, 6.45) is 0.128. The van der Waals surface area contributed by atoms with Gasteiger partial charge in [-0.15, -0.1) is 11.8 Å². The van der Waals surface area contributed by atoms with Gasteiger partial charge in [0.05, 0.1) is 11.9 Å². The lowest BCUT2D eigenvalue weighted by molar-refractivity contribution is -0.194. The van der Waals surface area contributed by atoms with E-state index in [9.17, 15) is 14.7 Å². The molecule has 2 rings (SSSR count). The van der Waals surface area contributed by atoms with Crippen LogP contribution in [0.4, 0.5) is 0 Å². The highest BCUT2D eigenvalue weighted by Crippen LogP contribution is 2.51. The molecule has 0 aliphatic heterocycles. The van der Waals surface area contributed by atoms with Gasteiger partial charge in [-0.25, -0.2) is 4.79 Å². The van der Waals surface area contributed by atoms with Crippen LogP contribution in [0.5, 0.6) is 0 Å². The number of aliphatic carboxylic acids is 1. The molecule has 0 saturated heterocycles. The highest BCUT2D eigenvalue weighted by atomic mass is 32.2. The third-order valence-electron chi connectivity index (χ3n) is 5.40. The summed E-state index contributed by atoms with van der Waals surface area (Å²) in [4.78, 5) is 25.3. The average molecular weight is 380 g/mol. The number of hydrogen-bond acceptors (Lipinski definition) is 4. The summed E-state index contributed by atoms with van der Waals surface area (Å²) in [5, 5.41) is 12.5. The fraction of sp³-hybridized carbons (Fsp3) is 0.600. The van der Waals surface area contributed by atoms with E-state index in [1.807, 2.05) is 32.9 Å². The highest BCUT2D eigenvalue weighted by Gasteiger charge is 2.66. The molecule has 2 atom stereocenters. The number of nitrogens with one attached hydrogen (secondary N) is 1. The predicted molar refractivity (Wildman–Crippen MR) is 104 cm³/mol. The second kappa shape index (κ2) is 8.01. The standard InChI is InChI=1S/C20H29NO4S/c1-6-25-16-11-20(18(23)24,19(16,4)5)21-17(22)12-26-15-9-7-14(8-10-15)13(2)3/h7-10,13,16H,6,11-12H2,1-5H3,(H,21,22)(H,23,24). The fourth-order valence-corrected chi connectivity index (χ4v) is 4.11. The molecule has 144 valence electrons. The van der Waals surface area contributed by atoms with Crippen LogP contribution in [0.3, 0.4) is 0 Å². The van der Waals surface area contributed by atoms with Crippen LogP contribution < -0.4 is 5.32 Å². The third-order valence-corrected chi connectivity index (χ3v) is 6.41. The largest absolute Gasteiger partial charge is 0.479 e. The summed E-state index contributed by atoms with van der Waals surface area (Å²) in [6, 6.07) is 8.12. The minimum Gasteiger partial charge on any atom is -0.479 e. The van der Waals surface area contributed by atoms with E-state index in [0.29, 0.717) is 18.9 Å². The highest BCUT2D eigenvalue weighted by molar-refractivity contribution is 8.00. The molecule has 0 radical (unpaired) electrons. The molecule has 1 fully saturated rings. The first-order valence-electron chi connectivity index (χ1n) is 9.02. The van der Waals surface area contributed by atoms with Gasteiger partial charge in [0.1, 0.15) is 5.54 Å². The molecule has 2 unspecified atom stereocenters. The van der Waals surface area contributed by atoms with Gasteiger partial charge < -0.3 is 15.2 Å². The Bertz CT molecular complexity index is 656. The number of carboxylic acid groups (broad SMARTS) is 1. The normalized spacial score (nSPS) is 24.2. The number of amides is 1. The van der Waals surface area contributed by atoms with Gasteiger partial charge in [-0.2, -0.15) is 0 Å². The minimum atomic E-state index is -1.27. The van der Waals surface area contributed by atoms with Crippen molar-refractivity contribution in [2.45, 2.75) is 63.5 Å². The monoisotopic (exact) mass is 379 g/mol. The Labute approximate surface area is 159 Å². The fourth-order valence-electron chi connectivity index (χ4n) is 3.41. The molecule has 5 nitrogen and oxygen atoms in total. The van der Waals surface area contributed by atoms with Crippen molar-refractivity contribution in [1.82, 2.24) is 5.32 Å². The molecular formula is C20H29NO4S. The number of carboxylic acids is 1. The van der Waals surface area contributed by atoms with Crippen molar-refractivity contribution in [2.24, 2.45) is 5.41 Å². The summed E-state index contributed by atoms with van der Waals surface area (Å²) in [7, 11) is 0. The van der Waals surface area contributed by atoms with Gasteiger partial charge in [0, 0.05) is 23.3 Å². The van der Waals surface area contributed by atoms with Crippen molar-refractivity contribution >= 4 is 23.6 Å². The molecule has 1 amide bonds. The summed E-state index contributed by atoms with van der Waals surface area (Å²) in [6.45, 7) is 10.4. The lowest BCUT2D eigenvalue weighted by Crippen LogP contribution is -2.76. The third kappa shape index (κ3) is 3.91. The Balaban J connectivity index is 1.98. The summed E-state index contributed by atoms with van der Waals surface area (Å²) >= 11 is 1.41. The van der Waals surface area contributed by atoms with Gasteiger partial charge >= 0.3 is 5.97 Å². The molecule has 0 aromatic heterocycles. The summed E-state index contributed by atoms with van der Waals surface area (Å²) in [5.74, 6) is -0.621. The van der Waals surface area contributed by atoms with Gasteiger partial charge in [0.2, 0.25) is 5.91 Å². The number of hydrogen-bond donors (Lipinski definition) is 2. The summed E-state index contributed by atoms with van der Waals surface area (Å²) < 4.78 is 5.62. The first-order chi connectivity index (χ1) is 12.1. The zero-order valence-corrected chi connectivity index (χ0v) is 17.0. The van der Waals surface area contributed by atoms with Crippen LogP contribution in [0.15, 0.2) is 29.2 Å². The molecule has 1 aromatic carbocycles. The van der Waals surface area contributed by atoms with Crippen LogP contribution in [-0.2, 0) is 14.3 Å². The SMILES string of the molecule is CCOC1CC(NC(=O)CSc2ccc(C(C)C)cc2)(C(=O)O)C1(C)C. The average Bonchev–Trinajstić information content (AvgIpc) is 2.58. The number of rotatable bonds is 8. The van der Waals surface area contributed by atoms with Crippen LogP contribution in [0.1, 0.15) is 52.5 Å². The van der Waals surface area contributed by atoms with E-state index in [-0.39, 0.29) is 17.8 Å². The van der Waals surface area contributed by atoms with Crippen molar-refractivity contribution < 1.29 is 19.4 Å². The molecular weight excluding hydrogens is 350 g/mol. The topological polar surface area (TPSA) is 75.6 Å². The van der Waals surface area contributed by atoms with E-state index in [4.69, 9.17) is 4.74 Å². The van der Waals surface area contributed by atoms with E-state index in [1.54, 1.807) is 0 Å².